The molecule has 0 aromatic carbocycles. The number of ether oxygens (including phenoxy) is 1. The molecule has 0 saturated carbocycles. The Balaban J connectivity index is 2.32. The van der Waals surface area contributed by atoms with E-state index in [2.05, 4.69) is 9.97 Å². The normalized spacial score (nSPS) is 11.1. The van der Waals surface area contributed by atoms with Gasteiger partial charge in [-0.15, -0.1) is 0 Å². The molecule has 6 heteroatoms. The van der Waals surface area contributed by atoms with E-state index in [0.717, 1.165) is 24.1 Å². The van der Waals surface area contributed by atoms with Crippen LogP contribution < -0.4 is 5.73 Å². The predicted octanol–water partition coefficient (Wildman–Crippen LogP) is 1.70. The van der Waals surface area contributed by atoms with Crippen molar-refractivity contribution in [1.29, 1.82) is 0 Å². The molecule has 0 radical (unpaired) electrons. The molecule has 0 bridgehead atoms. The third-order valence-electron chi connectivity index (χ3n) is 2.31. The Bertz CT molecular complexity index is 497. The van der Waals surface area contributed by atoms with Crippen LogP contribution in [0, 0.1) is 0 Å². The van der Waals surface area contributed by atoms with E-state index >= 15 is 0 Å². The molecule has 16 heavy (non-hydrogen) atoms. The van der Waals surface area contributed by atoms with Gasteiger partial charge in [-0.1, -0.05) is 11.6 Å². The third kappa shape index (κ3) is 2.10. The number of nitrogens with two attached hydrogens (primary N) is 1. The SMILES string of the molecule is COCCCn1c(N)nc2cc(Cl)cnc21. The van der Waals surface area contributed by atoms with E-state index in [-0.39, 0.29) is 0 Å². The van der Waals surface area contributed by atoms with Crippen molar-refractivity contribution in [3.63, 3.8) is 0 Å². The maximum atomic E-state index is 5.83. The Morgan fingerprint density at radius 3 is 3.12 bits per heavy atom. The van der Waals surface area contributed by atoms with Crippen molar-refractivity contribution in [2.45, 2.75) is 13.0 Å². The van der Waals surface area contributed by atoms with E-state index in [1.807, 2.05) is 4.57 Å². The molecule has 2 heterocycles. The first-order valence-electron chi connectivity index (χ1n) is 4.98. The van der Waals surface area contributed by atoms with Gasteiger partial charge < -0.3 is 10.5 Å². The number of hydrogen-bond donors (Lipinski definition) is 1. The van der Waals surface area contributed by atoms with Crippen LogP contribution in [0.4, 0.5) is 5.95 Å². The van der Waals surface area contributed by atoms with Gasteiger partial charge in [0.1, 0.15) is 5.52 Å². The van der Waals surface area contributed by atoms with E-state index in [1.54, 1.807) is 19.4 Å². The van der Waals surface area contributed by atoms with E-state index < -0.39 is 0 Å². The molecule has 0 unspecified atom stereocenters. The molecular weight excluding hydrogens is 228 g/mol. The van der Waals surface area contributed by atoms with Crippen molar-refractivity contribution in [1.82, 2.24) is 14.5 Å². The second kappa shape index (κ2) is 4.67. The lowest BCUT2D eigenvalue weighted by Gasteiger charge is -2.04. The Hall–Kier alpha value is -1.33. The van der Waals surface area contributed by atoms with Crippen molar-refractivity contribution < 1.29 is 4.74 Å². The van der Waals surface area contributed by atoms with Crippen LogP contribution in [0.1, 0.15) is 6.42 Å². The van der Waals surface area contributed by atoms with Crippen LogP contribution in [0.2, 0.25) is 5.02 Å². The van der Waals surface area contributed by atoms with Crippen LogP contribution in [-0.2, 0) is 11.3 Å². The first-order valence-corrected chi connectivity index (χ1v) is 5.36. The second-order valence-corrected chi connectivity index (χ2v) is 3.90. The fourth-order valence-electron chi connectivity index (χ4n) is 1.59. The summed E-state index contributed by atoms with van der Waals surface area (Å²) in [5.74, 6) is 0.459. The molecule has 0 spiro atoms. The summed E-state index contributed by atoms with van der Waals surface area (Å²) in [5.41, 5.74) is 7.30. The molecule has 0 aliphatic heterocycles. The topological polar surface area (TPSA) is 66.0 Å². The minimum atomic E-state index is 0.459. The first-order chi connectivity index (χ1) is 7.72. The Morgan fingerprint density at radius 2 is 2.38 bits per heavy atom. The van der Waals surface area contributed by atoms with E-state index in [1.165, 1.54) is 0 Å². The molecule has 0 amide bonds. The average Bonchev–Trinajstić information content (AvgIpc) is 2.55. The Morgan fingerprint density at radius 1 is 1.56 bits per heavy atom. The monoisotopic (exact) mass is 240 g/mol. The standard InChI is InChI=1S/C10H13ClN4O/c1-16-4-2-3-15-9-8(14-10(15)12)5-7(11)6-13-9/h5-6H,2-4H2,1H3,(H2,12,14). The van der Waals surface area contributed by atoms with E-state index in [0.29, 0.717) is 17.6 Å². The lowest BCUT2D eigenvalue weighted by atomic mass is 10.4. The van der Waals surface area contributed by atoms with Gasteiger partial charge in [0.15, 0.2) is 5.65 Å². The van der Waals surface area contributed by atoms with E-state index in [9.17, 15) is 0 Å². The number of hydrogen-bond acceptors (Lipinski definition) is 4. The zero-order valence-corrected chi connectivity index (χ0v) is 9.74. The largest absolute Gasteiger partial charge is 0.385 e. The number of pyridine rings is 1. The first kappa shape index (κ1) is 11.2. The molecule has 0 fully saturated rings. The summed E-state index contributed by atoms with van der Waals surface area (Å²) in [6.07, 6.45) is 2.47. The maximum Gasteiger partial charge on any atom is 0.202 e. The maximum absolute atomic E-state index is 5.83. The van der Waals surface area contributed by atoms with Gasteiger partial charge in [-0.3, -0.25) is 4.57 Å². The van der Waals surface area contributed by atoms with Crippen LogP contribution in [0.15, 0.2) is 12.3 Å². The Kier molecular flexibility index (Phi) is 3.26. The van der Waals surface area contributed by atoms with Gasteiger partial charge in [-0.05, 0) is 12.5 Å². The number of halogens is 1. The minimum absolute atomic E-state index is 0.459. The molecule has 0 aliphatic rings. The summed E-state index contributed by atoms with van der Waals surface area (Å²) in [4.78, 5) is 8.43. The van der Waals surface area contributed by atoms with Gasteiger partial charge in [0.05, 0.1) is 5.02 Å². The molecule has 0 aliphatic carbocycles. The smallest absolute Gasteiger partial charge is 0.202 e. The summed E-state index contributed by atoms with van der Waals surface area (Å²) in [6.45, 7) is 1.43. The highest BCUT2D eigenvalue weighted by atomic mass is 35.5. The zero-order chi connectivity index (χ0) is 11.5. The van der Waals surface area contributed by atoms with Gasteiger partial charge in [-0.2, -0.15) is 0 Å². The quantitative estimate of drug-likeness (QED) is 0.827. The fourth-order valence-corrected chi connectivity index (χ4v) is 1.74. The van der Waals surface area contributed by atoms with Gasteiger partial charge in [0, 0.05) is 26.5 Å². The second-order valence-electron chi connectivity index (χ2n) is 3.46. The van der Waals surface area contributed by atoms with E-state index in [4.69, 9.17) is 22.1 Å². The number of rotatable bonds is 4. The summed E-state index contributed by atoms with van der Waals surface area (Å²) in [7, 11) is 1.67. The lowest BCUT2D eigenvalue weighted by molar-refractivity contribution is 0.191. The van der Waals surface area contributed by atoms with Gasteiger partial charge >= 0.3 is 0 Å². The number of methoxy groups -OCH3 is 1. The fraction of sp³-hybridized carbons (Fsp3) is 0.400. The molecular formula is C10H13ClN4O. The number of nitrogens with zero attached hydrogens (tertiary/aromatic N) is 3. The van der Waals surface area contributed by atoms with Gasteiger partial charge in [0.2, 0.25) is 5.95 Å². The van der Waals surface area contributed by atoms with Crippen LogP contribution in [0.25, 0.3) is 11.2 Å². The molecule has 5 nitrogen and oxygen atoms in total. The van der Waals surface area contributed by atoms with Gasteiger partial charge in [-0.25, -0.2) is 9.97 Å². The summed E-state index contributed by atoms with van der Waals surface area (Å²) >= 11 is 5.83. The summed E-state index contributed by atoms with van der Waals surface area (Å²) in [6, 6.07) is 1.76. The highest BCUT2D eigenvalue weighted by Gasteiger charge is 2.09. The highest BCUT2D eigenvalue weighted by Crippen LogP contribution is 2.19. The number of fused-ring (bicyclic) bond motifs is 1. The summed E-state index contributed by atoms with van der Waals surface area (Å²) < 4.78 is 6.86. The number of aryl methyl sites for hydroxylation is 1. The van der Waals surface area contributed by atoms with Crippen LogP contribution in [0.3, 0.4) is 0 Å². The molecule has 2 aromatic rings. The molecule has 86 valence electrons. The number of imidazole rings is 1. The van der Waals surface area contributed by atoms with Crippen molar-refractivity contribution in [3.05, 3.63) is 17.3 Å². The average molecular weight is 241 g/mol. The Labute approximate surface area is 98.2 Å². The van der Waals surface area contributed by atoms with Crippen molar-refractivity contribution in [2.75, 3.05) is 19.5 Å². The third-order valence-corrected chi connectivity index (χ3v) is 2.52. The molecule has 2 aromatic heterocycles. The molecule has 2 N–H and O–H groups in total. The van der Waals surface area contributed by atoms with Crippen molar-refractivity contribution in [3.8, 4) is 0 Å². The summed E-state index contributed by atoms with van der Waals surface area (Å²) in [5, 5.41) is 0.564. The zero-order valence-electron chi connectivity index (χ0n) is 8.98. The van der Waals surface area contributed by atoms with Crippen LogP contribution in [-0.4, -0.2) is 28.3 Å². The van der Waals surface area contributed by atoms with Crippen LogP contribution >= 0.6 is 11.6 Å². The number of anilines is 1. The number of nitrogen functional groups attached to an aromatic ring is 1. The predicted molar refractivity (Wildman–Crippen MR) is 63.4 cm³/mol. The van der Waals surface area contributed by atoms with Gasteiger partial charge in [0.25, 0.3) is 0 Å². The minimum Gasteiger partial charge on any atom is -0.385 e. The molecule has 0 atom stereocenters. The molecule has 2 rings (SSSR count). The number of aromatic nitrogens is 3. The van der Waals surface area contributed by atoms with Crippen molar-refractivity contribution >= 4 is 28.7 Å². The highest BCUT2D eigenvalue weighted by molar-refractivity contribution is 6.31. The lowest BCUT2D eigenvalue weighted by Crippen LogP contribution is -2.06. The van der Waals surface area contributed by atoms with Crippen LogP contribution in [0.5, 0.6) is 0 Å². The molecule has 0 saturated heterocycles. The van der Waals surface area contributed by atoms with Crippen molar-refractivity contribution in [2.24, 2.45) is 0 Å².